The summed E-state index contributed by atoms with van der Waals surface area (Å²) in [5.41, 5.74) is 1.73. The van der Waals surface area contributed by atoms with Crippen molar-refractivity contribution in [1.29, 1.82) is 0 Å². The van der Waals surface area contributed by atoms with Gasteiger partial charge >= 0.3 is 0 Å². The third kappa shape index (κ3) is 6.77. The number of methoxy groups -OCH3 is 1. The van der Waals surface area contributed by atoms with E-state index in [1.54, 1.807) is 24.1 Å². The fourth-order valence-corrected chi connectivity index (χ4v) is 3.46. The summed E-state index contributed by atoms with van der Waals surface area (Å²) in [5.74, 6) is 0.465. The first kappa shape index (κ1) is 23.7. The maximum atomic E-state index is 13.3. The fraction of sp³-hybridized carbons (Fsp3) is 0.417. The summed E-state index contributed by atoms with van der Waals surface area (Å²) < 4.78 is 5.31. The lowest BCUT2D eigenvalue weighted by atomic mass is 10.1. The first-order valence-corrected chi connectivity index (χ1v) is 10.7. The van der Waals surface area contributed by atoms with Crippen molar-refractivity contribution in [1.82, 2.24) is 10.2 Å². The quantitative estimate of drug-likeness (QED) is 0.598. The van der Waals surface area contributed by atoms with E-state index in [0.717, 1.165) is 17.5 Å². The molecule has 5 nitrogen and oxygen atoms in total. The zero-order valence-electron chi connectivity index (χ0n) is 18.2. The van der Waals surface area contributed by atoms with Gasteiger partial charge in [-0.05, 0) is 55.2 Å². The van der Waals surface area contributed by atoms with E-state index in [9.17, 15) is 9.59 Å². The minimum atomic E-state index is -0.558. The maximum Gasteiger partial charge on any atom is 0.243 e. The number of carbonyl (C=O) groups is 2. The Morgan fingerprint density at radius 3 is 2.40 bits per heavy atom. The van der Waals surface area contributed by atoms with Crippen LogP contribution in [-0.4, -0.2) is 35.9 Å². The number of hydrogen-bond donors (Lipinski definition) is 1. The highest BCUT2D eigenvalue weighted by Gasteiger charge is 2.29. The molecule has 0 heterocycles. The Morgan fingerprint density at radius 1 is 1.07 bits per heavy atom. The second kappa shape index (κ2) is 11.6. The molecule has 6 heteroatoms. The van der Waals surface area contributed by atoms with Crippen LogP contribution in [0.15, 0.2) is 48.5 Å². The van der Waals surface area contributed by atoms with Crippen LogP contribution >= 0.6 is 11.6 Å². The number of benzene rings is 2. The Labute approximate surface area is 184 Å². The Balaban J connectivity index is 2.31. The predicted molar refractivity (Wildman–Crippen MR) is 121 cm³/mol. The van der Waals surface area contributed by atoms with Crippen LogP contribution in [-0.2, 0) is 22.6 Å². The Hall–Kier alpha value is -2.53. The van der Waals surface area contributed by atoms with Crippen molar-refractivity contribution in [3.05, 3.63) is 64.7 Å². The third-order valence-corrected chi connectivity index (χ3v) is 5.35. The topological polar surface area (TPSA) is 58.6 Å². The van der Waals surface area contributed by atoms with Gasteiger partial charge in [0.2, 0.25) is 11.8 Å². The minimum Gasteiger partial charge on any atom is -0.497 e. The monoisotopic (exact) mass is 430 g/mol. The van der Waals surface area contributed by atoms with Gasteiger partial charge in [0.15, 0.2) is 0 Å². The molecule has 0 bridgehead atoms. The van der Waals surface area contributed by atoms with Crippen LogP contribution in [0.3, 0.4) is 0 Å². The van der Waals surface area contributed by atoms with Crippen LogP contribution in [0.4, 0.5) is 0 Å². The van der Waals surface area contributed by atoms with Crippen molar-refractivity contribution in [2.45, 2.75) is 58.7 Å². The van der Waals surface area contributed by atoms with Crippen molar-refractivity contribution in [3.63, 3.8) is 0 Å². The van der Waals surface area contributed by atoms with Gasteiger partial charge in [-0.2, -0.15) is 0 Å². The fourth-order valence-electron chi connectivity index (χ4n) is 3.25. The lowest BCUT2D eigenvalue weighted by Gasteiger charge is -2.31. The molecule has 0 aliphatic rings. The highest BCUT2D eigenvalue weighted by Crippen LogP contribution is 2.19. The van der Waals surface area contributed by atoms with E-state index in [2.05, 4.69) is 5.32 Å². The van der Waals surface area contributed by atoms with Gasteiger partial charge < -0.3 is 15.0 Å². The van der Waals surface area contributed by atoms with Gasteiger partial charge in [0.05, 0.1) is 13.5 Å². The van der Waals surface area contributed by atoms with E-state index in [1.807, 2.05) is 57.2 Å². The summed E-state index contributed by atoms with van der Waals surface area (Å²) in [7, 11) is 1.61. The minimum absolute atomic E-state index is 0.0493. The second-order valence-electron chi connectivity index (χ2n) is 7.42. The van der Waals surface area contributed by atoms with E-state index in [1.165, 1.54) is 0 Å². The number of amides is 2. The zero-order valence-corrected chi connectivity index (χ0v) is 18.9. The molecular formula is C24H31ClN2O3. The molecule has 2 atom stereocenters. The third-order valence-electron chi connectivity index (χ3n) is 5.12. The summed E-state index contributed by atoms with van der Waals surface area (Å²) in [6.07, 6.45) is 1.53. The van der Waals surface area contributed by atoms with Crippen LogP contribution in [0.1, 0.15) is 44.7 Å². The molecule has 162 valence electrons. The molecule has 1 N–H and O–H groups in total. The molecule has 2 amide bonds. The molecule has 0 aliphatic heterocycles. The van der Waals surface area contributed by atoms with Gasteiger partial charge in [-0.15, -0.1) is 0 Å². The molecule has 2 rings (SSSR count). The lowest BCUT2D eigenvalue weighted by Crippen LogP contribution is -2.51. The molecule has 0 aliphatic carbocycles. The molecule has 0 aromatic heterocycles. The van der Waals surface area contributed by atoms with Crippen LogP contribution in [0, 0.1) is 0 Å². The Morgan fingerprint density at radius 2 is 1.77 bits per heavy atom. The molecule has 2 aromatic carbocycles. The summed E-state index contributed by atoms with van der Waals surface area (Å²) in [4.78, 5) is 27.9. The van der Waals surface area contributed by atoms with E-state index < -0.39 is 6.04 Å². The first-order valence-electron chi connectivity index (χ1n) is 10.3. The van der Waals surface area contributed by atoms with Crippen molar-refractivity contribution < 1.29 is 14.3 Å². The van der Waals surface area contributed by atoms with Crippen LogP contribution < -0.4 is 10.1 Å². The zero-order chi connectivity index (χ0) is 22.1. The smallest absolute Gasteiger partial charge is 0.243 e. The highest BCUT2D eigenvalue weighted by atomic mass is 35.5. The average molecular weight is 431 g/mol. The van der Waals surface area contributed by atoms with Crippen LogP contribution in [0.25, 0.3) is 0 Å². The maximum absolute atomic E-state index is 13.3. The molecule has 2 aromatic rings. The predicted octanol–water partition coefficient (Wildman–Crippen LogP) is 4.61. The van der Waals surface area contributed by atoms with Gasteiger partial charge in [-0.25, -0.2) is 0 Å². The molecule has 0 unspecified atom stereocenters. The SMILES string of the molecule is CC[C@@H](C)NC(=O)[C@H](CC)N(Cc1cccc(OC)c1)C(=O)Cc1cccc(Cl)c1. The number of ether oxygens (including phenoxy) is 1. The number of hydrogen-bond acceptors (Lipinski definition) is 3. The number of nitrogens with one attached hydrogen (secondary N) is 1. The Kier molecular flexibility index (Phi) is 9.18. The molecule has 0 saturated carbocycles. The molecule has 30 heavy (non-hydrogen) atoms. The molecule has 0 fully saturated rings. The second-order valence-corrected chi connectivity index (χ2v) is 7.86. The highest BCUT2D eigenvalue weighted by molar-refractivity contribution is 6.30. The van der Waals surface area contributed by atoms with E-state index in [4.69, 9.17) is 16.3 Å². The van der Waals surface area contributed by atoms with Gasteiger partial charge in [0.1, 0.15) is 11.8 Å². The van der Waals surface area contributed by atoms with Gasteiger partial charge in [0.25, 0.3) is 0 Å². The molecular weight excluding hydrogens is 400 g/mol. The van der Waals surface area contributed by atoms with E-state index >= 15 is 0 Å². The number of rotatable bonds is 10. The summed E-state index contributed by atoms with van der Waals surface area (Å²) in [6.45, 7) is 6.23. The number of halogens is 1. The van der Waals surface area contributed by atoms with Crippen molar-refractivity contribution in [3.8, 4) is 5.75 Å². The first-order chi connectivity index (χ1) is 14.4. The number of nitrogens with zero attached hydrogens (tertiary/aromatic N) is 1. The van der Waals surface area contributed by atoms with Gasteiger partial charge in [-0.3, -0.25) is 9.59 Å². The van der Waals surface area contributed by atoms with Crippen molar-refractivity contribution in [2.75, 3.05) is 7.11 Å². The standard InChI is InChI=1S/C24H31ClN2O3/c1-5-17(3)26-24(29)22(6-2)27(16-19-10-8-12-21(14-19)30-4)23(28)15-18-9-7-11-20(25)13-18/h7-14,17,22H,5-6,15-16H2,1-4H3,(H,26,29)/t17-,22+/m1/s1. The van der Waals surface area contributed by atoms with Crippen LogP contribution in [0.2, 0.25) is 5.02 Å². The average Bonchev–Trinajstić information content (AvgIpc) is 2.73. The Bertz CT molecular complexity index is 856. The summed E-state index contributed by atoms with van der Waals surface area (Å²) >= 11 is 6.08. The molecule has 0 spiro atoms. The summed E-state index contributed by atoms with van der Waals surface area (Å²) in [6, 6.07) is 14.3. The number of carbonyl (C=O) groups excluding carboxylic acids is 2. The molecule has 0 radical (unpaired) electrons. The molecule has 0 saturated heterocycles. The van der Waals surface area contributed by atoms with E-state index in [-0.39, 0.29) is 24.3 Å². The van der Waals surface area contributed by atoms with Crippen molar-refractivity contribution >= 4 is 23.4 Å². The largest absolute Gasteiger partial charge is 0.497 e. The van der Waals surface area contributed by atoms with Crippen LogP contribution in [0.5, 0.6) is 5.75 Å². The van der Waals surface area contributed by atoms with Crippen molar-refractivity contribution in [2.24, 2.45) is 0 Å². The normalized spacial score (nSPS) is 12.7. The lowest BCUT2D eigenvalue weighted by molar-refractivity contribution is -0.141. The van der Waals surface area contributed by atoms with Gasteiger partial charge in [0, 0.05) is 17.6 Å². The van der Waals surface area contributed by atoms with Gasteiger partial charge in [-0.1, -0.05) is 49.7 Å². The summed E-state index contributed by atoms with van der Waals surface area (Å²) in [5, 5.41) is 3.60. The van der Waals surface area contributed by atoms with E-state index in [0.29, 0.717) is 23.7 Å².